The highest BCUT2D eigenvalue weighted by Crippen LogP contribution is 2.22. The molecule has 0 radical (unpaired) electrons. The highest BCUT2D eigenvalue weighted by Gasteiger charge is 2.20. The molecule has 5 nitrogen and oxygen atoms in total. The van der Waals surface area contributed by atoms with E-state index in [1.54, 1.807) is 13.0 Å². The van der Waals surface area contributed by atoms with Gasteiger partial charge >= 0.3 is 0 Å². The van der Waals surface area contributed by atoms with Gasteiger partial charge in [0.25, 0.3) is 0 Å². The summed E-state index contributed by atoms with van der Waals surface area (Å²) < 4.78 is 27.1. The lowest BCUT2D eigenvalue weighted by Crippen LogP contribution is -2.37. The van der Waals surface area contributed by atoms with Gasteiger partial charge in [-0.25, -0.2) is 13.1 Å². The van der Waals surface area contributed by atoms with Crippen LogP contribution in [0.15, 0.2) is 27.6 Å². The minimum atomic E-state index is -3.69. The number of halogens is 1. The number of anilines is 1. The summed E-state index contributed by atoms with van der Waals surface area (Å²) >= 11 is 3.21. The van der Waals surface area contributed by atoms with Crippen molar-refractivity contribution < 1.29 is 13.5 Å². The van der Waals surface area contributed by atoms with E-state index in [1.165, 1.54) is 12.1 Å². The van der Waals surface area contributed by atoms with Gasteiger partial charge in [0.15, 0.2) is 0 Å². The lowest BCUT2D eigenvalue weighted by atomic mass is 10.3. The largest absolute Gasteiger partial charge is 0.398 e. The van der Waals surface area contributed by atoms with E-state index < -0.39 is 16.1 Å². The monoisotopic (exact) mass is 322 g/mol. The van der Waals surface area contributed by atoms with Gasteiger partial charge in [-0.15, -0.1) is 0 Å². The fourth-order valence-electron chi connectivity index (χ4n) is 1.30. The van der Waals surface area contributed by atoms with Gasteiger partial charge in [0.2, 0.25) is 10.0 Å². The van der Waals surface area contributed by atoms with E-state index in [-0.39, 0.29) is 17.2 Å². The van der Waals surface area contributed by atoms with Crippen molar-refractivity contribution in [3.05, 3.63) is 22.7 Å². The van der Waals surface area contributed by atoms with Crippen LogP contribution in [0.3, 0.4) is 0 Å². The third-order valence-electron chi connectivity index (χ3n) is 2.30. The first kappa shape index (κ1) is 14.4. The van der Waals surface area contributed by atoms with Crippen LogP contribution >= 0.6 is 15.9 Å². The van der Waals surface area contributed by atoms with Crippen LogP contribution in [-0.2, 0) is 10.0 Å². The van der Waals surface area contributed by atoms with Crippen LogP contribution in [0.2, 0.25) is 0 Å². The third-order valence-corrected chi connectivity index (χ3v) is 4.38. The molecule has 0 unspecified atom stereocenters. The van der Waals surface area contributed by atoms with Crippen LogP contribution in [0, 0.1) is 0 Å². The summed E-state index contributed by atoms with van der Waals surface area (Å²) in [6, 6.07) is 4.05. The number of rotatable bonds is 5. The lowest BCUT2D eigenvalue weighted by molar-refractivity contribution is 0.254. The van der Waals surface area contributed by atoms with Gasteiger partial charge < -0.3 is 10.8 Å². The predicted octanol–water partition coefficient (Wildman–Crippen LogP) is 1.08. The van der Waals surface area contributed by atoms with E-state index in [2.05, 4.69) is 20.7 Å². The molecule has 7 heteroatoms. The van der Waals surface area contributed by atoms with E-state index >= 15 is 0 Å². The first-order valence-electron chi connectivity index (χ1n) is 5.09. The van der Waals surface area contributed by atoms with E-state index in [0.717, 1.165) is 0 Å². The molecule has 96 valence electrons. The second-order valence-corrected chi connectivity index (χ2v) is 6.19. The second-order valence-electron chi connectivity index (χ2n) is 3.59. The number of benzene rings is 1. The van der Waals surface area contributed by atoms with Gasteiger partial charge in [0.05, 0.1) is 12.3 Å². The Morgan fingerprint density at radius 3 is 2.65 bits per heavy atom. The second kappa shape index (κ2) is 5.81. The van der Waals surface area contributed by atoms with Crippen molar-refractivity contribution in [2.24, 2.45) is 0 Å². The average molecular weight is 323 g/mol. The van der Waals surface area contributed by atoms with Gasteiger partial charge in [-0.2, -0.15) is 0 Å². The zero-order valence-corrected chi connectivity index (χ0v) is 11.8. The molecule has 0 aliphatic rings. The van der Waals surface area contributed by atoms with Crippen molar-refractivity contribution in [2.45, 2.75) is 24.3 Å². The number of hydrogen-bond acceptors (Lipinski definition) is 4. The Bertz CT molecular complexity index is 486. The minimum absolute atomic E-state index is 0.0209. The van der Waals surface area contributed by atoms with Gasteiger partial charge in [0.1, 0.15) is 4.90 Å². The summed E-state index contributed by atoms with van der Waals surface area (Å²) in [6.07, 6.45) is 0.506. The van der Waals surface area contributed by atoms with Crippen LogP contribution in [0.4, 0.5) is 5.69 Å². The lowest BCUT2D eigenvalue weighted by Gasteiger charge is -2.15. The molecule has 1 aromatic rings. The smallest absolute Gasteiger partial charge is 0.242 e. The number of sulfonamides is 1. The molecule has 0 aliphatic carbocycles. The van der Waals surface area contributed by atoms with Gasteiger partial charge in [-0.3, -0.25) is 0 Å². The first-order chi connectivity index (χ1) is 7.90. The summed E-state index contributed by atoms with van der Waals surface area (Å²) in [5.74, 6) is 0. The highest BCUT2D eigenvalue weighted by molar-refractivity contribution is 9.10. The molecule has 0 saturated carbocycles. The Morgan fingerprint density at radius 1 is 1.53 bits per heavy atom. The maximum atomic E-state index is 12.0. The van der Waals surface area contributed by atoms with Crippen LogP contribution in [0.25, 0.3) is 0 Å². The number of nitrogen functional groups attached to an aromatic ring is 1. The fraction of sp³-hybridized carbons (Fsp3) is 0.400. The zero-order chi connectivity index (χ0) is 13.1. The summed E-state index contributed by atoms with van der Waals surface area (Å²) in [6.45, 7) is 1.54. The average Bonchev–Trinajstić information content (AvgIpc) is 2.25. The van der Waals surface area contributed by atoms with E-state index in [1.807, 2.05) is 0 Å². The summed E-state index contributed by atoms with van der Waals surface area (Å²) in [5, 5.41) is 8.98. The van der Waals surface area contributed by atoms with Crippen LogP contribution in [0.5, 0.6) is 0 Å². The van der Waals surface area contributed by atoms with Crippen molar-refractivity contribution in [1.82, 2.24) is 4.72 Å². The summed E-state index contributed by atoms with van der Waals surface area (Å²) in [5.41, 5.74) is 5.82. The van der Waals surface area contributed by atoms with Gasteiger partial charge in [-0.05, 0) is 24.6 Å². The standard InChI is InChI=1S/C10H15BrN2O3S/c1-2-8(6-14)13-17(15,16)10-4-3-7(11)5-9(10)12/h3-5,8,13-14H,2,6,12H2,1H3/t8-/m0/s1. The van der Waals surface area contributed by atoms with Crippen molar-refractivity contribution in [3.8, 4) is 0 Å². The molecule has 0 spiro atoms. The van der Waals surface area contributed by atoms with Gasteiger partial charge in [0, 0.05) is 10.5 Å². The molecule has 0 aromatic heterocycles. The van der Waals surface area contributed by atoms with E-state index in [9.17, 15) is 8.42 Å². The Labute approximate surface area is 109 Å². The molecule has 0 fully saturated rings. The Morgan fingerprint density at radius 2 is 2.18 bits per heavy atom. The SMILES string of the molecule is CC[C@@H](CO)NS(=O)(=O)c1ccc(Br)cc1N. The van der Waals surface area contributed by atoms with Gasteiger partial charge in [-0.1, -0.05) is 22.9 Å². The Hall–Kier alpha value is -0.630. The quantitative estimate of drug-likeness (QED) is 0.707. The van der Waals surface area contributed by atoms with Crippen LogP contribution in [-0.4, -0.2) is 26.2 Å². The third kappa shape index (κ3) is 3.67. The molecular formula is C10H15BrN2O3S. The molecule has 17 heavy (non-hydrogen) atoms. The molecule has 1 aromatic carbocycles. The molecule has 4 N–H and O–H groups in total. The molecule has 0 amide bonds. The molecular weight excluding hydrogens is 308 g/mol. The van der Waals surface area contributed by atoms with Crippen molar-refractivity contribution in [3.63, 3.8) is 0 Å². The maximum Gasteiger partial charge on any atom is 0.242 e. The molecule has 0 aliphatic heterocycles. The molecule has 1 rings (SSSR count). The number of nitrogens with one attached hydrogen (secondary N) is 1. The minimum Gasteiger partial charge on any atom is -0.398 e. The molecule has 0 heterocycles. The van der Waals surface area contributed by atoms with Crippen LogP contribution in [0.1, 0.15) is 13.3 Å². The highest BCUT2D eigenvalue weighted by atomic mass is 79.9. The maximum absolute atomic E-state index is 12.0. The number of hydrogen-bond donors (Lipinski definition) is 3. The number of nitrogens with two attached hydrogens (primary N) is 1. The van der Waals surface area contributed by atoms with Crippen LogP contribution < -0.4 is 10.5 Å². The number of aliphatic hydroxyl groups excluding tert-OH is 1. The summed E-state index contributed by atoms with van der Waals surface area (Å²) in [7, 11) is -3.69. The zero-order valence-electron chi connectivity index (χ0n) is 9.35. The molecule has 1 atom stereocenters. The van der Waals surface area contributed by atoms with Crippen molar-refractivity contribution >= 4 is 31.6 Å². The fourth-order valence-corrected chi connectivity index (χ4v) is 3.10. The number of aliphatic hydroxyl groups is 1. The topological polar surface area (TPSA) is 92.4 Å². The Balaban J connectivity index is 3.05. The van der Waals surface area contributed by atoms with Crippen molar-refractivity contribution in [1.29, 1.82) is 0 Å². The predicted molar refractivity (Wildman–Crippen MR) is 70.0 cm³/mol. The van der Waals surface area contributed by atoms with E-state index in [4.69, 9.17) is 10.8 Å². The summed E-state index contributed by atoms with van der Waals surface area (Å²) in [4.78, 5) is 0.0209. The molecule has 0 saturated heterocycles. The molecule has 0 bridgehead atoms. The van der Waals surface area contributed by atoms with E-state index in [0.29, 0.717) is 10.9 Å². The van der Waals surface area contributed by atoms with Crippen molar-refractivity contribution in [2.75, 3.05) is 12.3 Å². The first-order valence-corrected chi connectivity index (χ1v) is 7.36. The normalized spacial score (nSPS) is 13.6. The Kier molecular flexibility index (Phi) is 4.93.